The number of urea groups is 1. The summed E-state index contributed by atoms with van der Waals surface area (Å²) in [7, 11) is 5.25. The maximum atomic E-state index is 13.0. The Balaban J connectivity index is 1.56. The molecule has 0 unspecified atom stereocenters. The average Bonchev–Trinajstić information content (AvgIpc) is 2.81. The minimum Gasteiger partial charge on any atom is -0.495 e. The van der Waals surface area contributed by atoms with E-state index in [0.29, 0.717) is 23.0 Å². The molecule has 31 heavy (non-hydrogen) atoms. The molecule has 1 aliphatic rings. The first-order valence-corrected chi connectivity index (χ1v) is 10.7. The van der Waals surface area contributed by atoms with Gasteiger partial charge in [0.15, 0.2) is 0 Å². The largest absolute Gasteiger partial charge is 0.495 e. The van der Waals surface area contributed by atoms with Gasteiger partial charge in [0.1, 0.15) is 5.75 Å². The Morgan fingerprint density at radius 3 is 2.39 bits per heavy atom. The Morgan fingerprint density at radius 1 is 1.10 bits per heavy atom. The van der Waals surface area contributed by atoms with Crippen molar-refractivity contribution in [2.45, 2.75) is 25.3 Å². The number of likely N-dealkylation sites (N-methyl/N-ethyl adjacent to an activating group) is 1. The van der Waals surface area contributed by atoms with Gasteiger partial charge in [-0.05, 0) is 50.1 Å². The molecule has 2 aromatic carbocycles. The van der Waals surface area contributed by atoms with Gasteiger partial charge < -0.3 is 20.3 Å². The van der Waals surface area contributed by atoms with Crippen LogP contribution in [0.15, 0.2) is 48.5 Å². The number of nitrogens with two attached hydrogens (primary N) is 1. The molecule has 0 bridgehead atoms. The number of amides is 3. The van der Waals surface area contributed by atoms with Crippen molar-refractivity contribution >= 4 is 17.6 Å². The lowest BCUT2D eigenvalue weighted by Crippen LogP contribution is -2.46. The summed E-state index contributed by atoms with van der Waals surface area (Å²) < 4.78 is 5.38. The molecule has 0 atom stereocenters. The first kappa shape index (κ1) is 22.6. The van der Waals surface area contributed by atoms with Crippen molar-refractivity contribution in [1.29, 1.82) is 0 Å². The molecule has 7 nitrogen and oxygen atoms in total. The monoisotopic (exact) mass is 424 g/mol. The lowest BCUT2D eigenvalue weighted by atomic mass is 10.0. The summed E-state index contributed by atoms with van der Waals surface area (Å²) in [5.41, 5.74) is 7.78. The molecular formula is C24H32N4O3. The molecule has 0 radical (unpaired) electrons. The fraction of sp³-hybridized carbons (Fsp3) is 0.417. The third-order valence-corrected chi connectivity index (χ3v) is 6.09. The normalized spacial score (nSPS) is 14.5. The van der Waals surface area contributed by atoms with Crippen LogP contribution in [0, 0.1) is 0 Å². The summed E-state index contributed by atoms with van der Waals surface area (Å²) >= 11 is 0. The molecule has 3 rings (SSSR count). The quantitative estimate of drug-likeness (QED) is 0.741. The van der Waals surface area contributed by atoms with Gasteiger partial charge in [-0.1, -0.05) is 30.3 Å². The van der Waals surface area contributed by atoms with Crippen molar-refractivity contribution in [2.75, 3.05) is 45.7 Å². The van der Waals surface area contributed by atoms with E-state index in [1.807, 2.05) is 11.0 Å². The Kier molecular flexibility index (Phi) is 7.52. The fourth-order valence-corrected chi connectivity index (χ4v) is 4.03. The number of ether oxygens (including phenoxy) is 1. The summed E-state index contributed by atoms with van der Waals surface area (Å²) in [6.45, 7) is 2.46. The predicted molar refractivity (Wildman–Crippen MR) is 123 cm³/mol. The summed E-state index contributed by atoms with van der Waals surface area (Å²) in [4.78, 5) is 30.1. The molecule has 0 saturated carbocycles. The molecule has 0 aromatic heterocycles. The van der Waals surface area contributed by atoms with Crippen LogP contribution in [-0.2, 0) is 6.42 Å². The Labute approximate surface area is 184 Å². The number of rotatable bonds is 7. The summed E-state index contributed by atoms with van der Waals surface area (Å²) in [5, 5.41) is 0. The van der Waals surface area contributed by atoms with Crippen LogP contribution >= 0.6 is 0 Å². The Morgan fingerprint density at radius 2 is 1.77 bits per heavy atom. The molecular weight excluding hydrogens is 392 g/mol. The lowest BCUT2D eigenvalue weighted by molar-refractivity contribution is 0.0646. The lowest BCUT2D eigenvalue weighted by Gasteiger charge is -2.37. The third-order valence-electron chi connectivity index (χ3n) is 6.09. The number of anilines is 1. The molecule has 1 fully saturated rings. The zero-order valence-corrected chi connectivity index (χ0v) is 18.6. The van der Waals surface area contributed by atoms with Gasteiger partial charge in [0.05, 0.1) is 12.8 Å². The van der Waals surface area contributed by atoms with E-state index in [1.165, 1.54) is 17.6 Å². The molecule has 0 aliphatic carbocycles. The van der Waals surface area contributed by atoms with Gasteiger partial charge >= 0.3 is 6.03 Å². The molecule has 0 spiro atoms. The third kappa shape index (κ3) is 5.55. The minimum atomic E-state index is -0.587. The van der Waals surface area contributed by atoms with E-state index in [4.69, 9.17) is 10.5 Å². The van der Waals surface area contributed by atoms with Gasteiger partial charge in [0, 0.05) is 38.3 Å². The molecule has 1 heterocycles. The van der Waals surface area contributed by atoms with Crippen LogP contribution in [-0.4, -0.2) is 68.6 Å². The highest BCUT2D eigenvalue weighted by molar-refractivity contribution is 5.97. The molecule has 1 saturated heterocycles. The van der Waals surface area contributed by atoms with E-state index >= 15 is 0 Å². The van der Waals surface area contributed by atoms with Gasteiger partial charge in [-0.3, -0.25) is 9.69 Å². The zero-order chi connectivity index (χ0) is 22.4. The molecule has 1 aliphatic heterocycles. The number of hydrogen-bond donors (Lipinski definition) is 1. The molecule has 2 aromatic rings. The average molecular weight is 425 g/mol. The molecule has 3 amide bonds. The number of hydrogen-bond acceptors (Lipinski definition) is 4. The number of likely N-dealkylation sites (tertiary alicyclic amines) is 1. The minimum absolute atomic E-state index is 0.0167. The highest BCUT2D eigenvalue weighted by atomic mass is 16.5. The number of piperidine rings is 1. The Bertz CT molecular complexity index is 895. The number of carbonyl (C=O) groups excluding carboxylic acids is 2. The highest BCUT2D eigenvalue weighted by Crippen LogP contribution is 2.29. The van der Waals surface area contributed by atoms with Gasteiger partial charge in [0.25, 0.3) is 5.91 Å². The standard InChI is InChI=1S/C24H32N4O3/c1-26(14-11-18-7-5-4-6-8-18)20-12-15-28(16-13-20)23(29)19-9-10-21(22(17-19)31-3)27(2)24(25)30/h4-10,17,20H,11-16H2,1-3H3,(H2,25,30). The molecule has 2 N–H and O–H groups in total. The number of primary amides is 1. The van der Waals surface area contributed by atoms with Crippen LogP contribution in [0.2, 0.25) is 0 Å². The molecule has 166 valence electrons. The fourth-order valence-electron chi connectivity index (χ4n) is 4.03. The summed E-state index contributed by atoms with van der Waals surface area (Å²) in [6, 6.07) is 15.5. The van der Waals surface area contributed by atoms with E-state index in [9.17, 15) is 9.59 Å². The van der Waals surface area contributed by atoms with Gasteiger partial charge in [0.2, 0.25) is 0 Å². The van der Waals surface area contributed by atoms with Crippen molar-refractivity contribution in [2.24, 2.45) is 5.73 Å². The first-order valence-electron chi connectivity index (χ1n) is 10.7. The smallest absolute Gasteiger partial charge is 0.319 e. The summed E-state index contributed by atoms with van der Waals surface area (Å²) in [6.07, 6.45) is 2.94. The number of nitrogens with zero attached hydrogens (tertiary/aromatic N) is 3. The van der Waals surface area contributed by atoms with Crippen molar-refractivity contribution in [1.82, 2.24) is 9.80 Å². The van der Waals surface area contributed by atoms with Gasteiger partial charge in [-0.15, -0.1) is 0 Å². The van der Waals surface area contributed by atoms with E-state index in [-0.39, 0.29) is 5.91 Å². The maximum absolute atomic E-state index is 13.0. The summed E-state index contributed by atoms with van der Waals surface area (Å²) in [5.74, 6) is 0.430. The second-order valence-corrected chi connectivity index (χ2v) is 8.02. The second kappa shape index (κ2) is 10.3. The van der Waals surface area contributed by atoms with Gasteiger partial charge in [-0.25, -0.2) is 4.79 Å². The predicted octanol–water partition coefficient (Wildman–Crippen LogP) is 2.99. The number of carbonyl (C=O) groups is 2. The van der Waals surface area contributed by atoms with E-state index in [2.05, 4.69) is 36.2 Å². The van der Waals surface area contributed by atoms with Crippen LogP contribution < -0.4 is 15.4 Å². The number of methoxy groups -OCH3 is 1. The van der Waals surface area contributed by atoms with Crippen LogP contribution in [0.4, 0.5) is 10.5 Å². The van der Waals surface area contributed by atoms with E-state index < -0.39 is 6.03 Å². The molecule has 7 heteroatoms. The van der Waals surface area contributed by atoms with Crippen LogP contribution in [0.25, 0.3) is 0 Å². The van der Waals surface area contributed by atoms with E-state index in [0.717, 1.165) is 38.9 Å². The first-order chi connectivity index (χ1) is 14.9. The van der Waals surface area contributed by atoms with Crippen molar-refractivity contribution in [3.05, 3.63) is 59.7 Å². The van der Waals surface area contributed by atoms with Crippen LogP contribution in [0.1, 0.15) is 28.8 Å². The second-order valence-electron chi connectivity index (χ2n) is 8.02. The number of benzene rings is 2. The SMILES string of the molecule is COc1cc(C(=O)N2CCC(N(C)CCc3ccccc3)CC2)ccc1N(C)C(N)=O. The van der Waals surface area contributed by atoms with Gasteiger partial charge in [-0.2, -0.15) is 0 Å². The van der Waals surface area contributed by atoms with Crippen molar-refractivity contribution < 1.29 is 14.3 Å². The van der Waals surface area contributed by atoms with Crippen LogP contribution in [0.3, 0.4) is 0 Å². The topological polar surface area (TPSA) is 79.1 Å². The van der Waals surface area contributed by atoms with Crippen molar-refractivity contribution in [3.8, 4) is 5.75 Å². The zero-order valence-electron chi connectivity index (χ0n) is 18.6. The van der Waals surface area contributed by atoms with Crippen molar-refractivity contribution in [3.63, 3.8) is 0 Å². The van der Waals surface area contributed by atoms with Crippen LogP contribution in [0.5, 0.6) is 5.75 Å². The van der Waals surface area contributed by atoms with E-state index in [1.54, 1.807) is 25.2 Å². The maximum Gasteiger partial charge on any atom is 0.319 e. The Hall–Kier alpha value is -3.06. The highest BCUT2D eigenvalue weighted by Gasteiger charge is 2.26.